The van der Waals surface area contributed by atoms with Crippen LogP contribution in [0.25, 0.3) is 0 Å². The second-order valence-corrected chi connectivity index (χ2v) is 8.71. The molecule has 0 fully saturated rings. The minimum absolute atomic E-state index is 0.0615. The molecule has 0 spiro atoms. The number of carbonyl (C=O) groups is 4. The molecule has 1 heterocycles. The van der Waals surface area contributed by atoms with Crippen LogP contribution < -0.4 is 14.4 Å². The molecule has 0 unspecified atom stereocenters. The van der Waals surface area contributed by atoms with Gasteiger partial charge in [-0.15, -0.1) is 0 Å². The van der Waals surface area contributed by atoms with Crippen LogP contribution in [0.5, 0.6) is 11.5 Å². The molecule has 1 amide bonds. The van der Waals surface area contributed by atoms with Crippen molar-refractivity contribution in [2.24, 2.45) is 0 Å². The average Bonchev–Trinajstić information content (AvgIpc) is 2.95. The second-order valence-electron chi connectivity index (χ2n) is 8.71. The van der Waals surface area contributed by atoms with E-state index in [2.05, 4.69) is 4.98 Å². The number of ether oxygens (including phenoxy) is 3. The molecule has 0 bridgehead atoms. The molecule has 0 atom stereocenters. The van der Waals surface area contributed by atoms with Crippen molar-refractivity contribution in [1.29, 1.82) is 0 Å². The zero-order valence-electron chi connectivity index (χ0n) is 21.9. The van der Waals surface area contributed by atoms with Crippen LogP contribution in [0.2, 0.25) is 0 Å². The monoisotopic (exact) mass is 538 g/mol. The lowest BCUT2D eigenvalue weighted by atomic mass is 10.1. The Labute approximate surface area is 230 Å². The number of aromatic nitrogens is 1. The number of hydrogen-bond donors (Lipinski definition) is 0. The third-order valence-corrected chi connectivity index (χ3v) is 5.63. The maximum Gasteiger partial charge on any atom is 0.338 e. The molecule has 0 aliphatic heterocycles. The van der Waals surface area contributed by atoms with Crippen molar-refractivity contribution in [2.45, 2.75) is 27.0 Å². The van der Waals surface area contributed by atoms with Crippen LogP contribution in [0.4, 0.5) is 5.69 Å². The fourth-order valence-electron chi connectivity index (χ4n) is 3.83. The Balaban J connectivity index is 1.63. The summed E-state index contributed by atoms with van der Waals surface area (Å²) in [7, 11) is 0. The SMILES string of the molecule is CC(=O)Oc1ccc(C(=O)N(Cc2cccnc2)c2ccc(C(=O)OCc3ccccc3)cc2)c(OC(C)=O)c1. The summed E-state index contributed by atoms with van der Waals surface area (Å²) in [6.07, 6.45) is 3.25. The van der Waals surface area contributed by atoms with Crippen LogP contribution in [0.3, 0.4) is 0 Å². The molecule has 0 N–H and O–H groups in total. The molecule has 4 rings (SSSR count). The number of amides is 1. The maximum atomic E-state index is 13.9. The van der Waals surface area contributed by atoms with Gasteiger partial charge in [0.25, 0.3) is 5.91 Å². The highest BCUT2D eigenvalue weighted by molar-refractivity contribution is 6.08. The first-order valence-electron chi connectivity index (χ1n) is 12.3. The summed E-state index contributed by atoms with van der Waals surface area (Å²) in [4.78, 5) is 55.3. The molecular weight excluding hydrogens is 512 g/mol. The van der Waals surface area contributed by atoms with E-state index in [4.69, 9.17) is 14.2 Å². The lowest BCUT2D eigenvalue weighted by Gasteiger charge is -2.24. The molecule has 0 aliphatic rings. The molecule has 0 aliphatic carbocycles. The Morgan fingerprint density at radius 3 is 2.12 bits per heavy atom. The van der Waals surface area contributed by atoms with Crippen LogP contribution in [0, 0.1) is 0 Å². The minimum Gasteiger partial charge on any atom is -0.457 e. The highest BCUT2D eigenvalue weighted by Gasteiger charge is 2.24. The van der Waals surface area contributed by atoms with Gasteiger partial charge < -0.3 is 19.1 Å². The first kappa shape index (κ1) is 27.7. The number of carbonyl (C=O) groups excluding carboxylic acids is 4. The predicted molar refractivity (Wildman–Crippen MR) is 146 cm³/mol. The molecule has 4 aromatic rings. The lowest BCUT2D eigenvalue weighted by Crippen LogP contribution is -2.31. The topological polar surface area (TPSA) is 112 Å². The largest absolute Gasteiger partial charge is 0.457 e. The van der Waals surface area contributed by atoms with E-state index in [1.807, 2.05) is 36.4 Å². The molecule has 9 heteroatoms. The predicted octanol–water partition coefficient (Wildman–Crippen LogP) is 5.14. The number of hydrogen-bond acceptors (Lipinski definition) is 8. The molecule has 0 saturated carbocycles. The zero-order valence-corrected chi connectivity index (χ0v) is 21.9. The fourth-order valence-corrected chi connectivity index (χ4v) is 3.83. The first-order valence-corrected chi connectivity index (χ1v) is 12.3. The van der Waals surface area contributed by atoms with E-state index in [-0.39, 0.29) is 30.2 Å². The van der Waals surface area contributed by atoms with Gasteiger partial charge in [0.2, 0.25) is 0 Å². The summed E-state index contributed by atoms with van der Waals surface area (Å²) in [6.45, 7) is 2.71. The van der Waals surface area contributed by atoms with Gasteiger partial charge in [-0.1, -0.05) is 36.4 Å². The van der Waals surface area contributed by atoms with Crippen molar-refractivity contribution in [3.63, 3.8) is 0 Å². The maximum absolute atomic E-state index is 13.9. The summed E-state index contributed by atoms with van der Waals surface area (Å²) in [5.41, 5.74) is 2.48. The van der Waals surface area contributed by atoms with Gasteiger partial charge in [-0.05, 0) is 53.6 Å². The van der Waals surface area contributed by atoms with E-state index in [1.54, 1.807) is 42.7 Å². The first-order chi connectivity index (χ1) is 19.3. The van der Waals surface area contributed by atoms with E-state index >= 15 is 0 Å². The van der Waals surface area contributed by atoms with Gasteiger partial charge in [0.05, 0.1) is 17.7 Å². The third-order valence-electron chi connectivity index (χ3n) is 5.63. The van der Waals surface area contributed by atoms with E-state index in [0.717, 1.165) is 11.1 Å². The highest BCUT2D eigenvalue weighted by atomic mass is 16.5. The van der Waals surface area contributed by atoms with Gasteiger partial charge in [-0.2, -0.15) is 0 Å². The normalized spacial score (nSPS) is 10.3. The van der Waals surface area contributed by atoms with E-state index in [1.165, 1.54) is 36.9 Å². The van der Waals surface area contributed by atoms with Crippen LogP contribution in [0.1, 0.15) is 45.7 Å². The smallest absolute Gasteiger partial charge is 0.338 e. The zero-order chi connectivity index (χ0) is 28.5. The van der Waals surface area contributed by atoms with Crippen molar-refractivity contribution in [1.82, 2.24) is 4.98 Å². The number of pyridine rings is 1. The van der Waals surface area contributed by atoms with E-state index in [0.29, 0.717) is 11.3 Å². The average molecular weight is 539 g/mol. The number of anilines is 1. The van der Waals surface area contributed by atoms with Crippen molar-refractivity contribution in [3.8, 4) is 11.5 Å². The van der Waals surface area contributed by atoms with Gasteiger partial charge in [0, 0.05) is 38.0 Å². The summed E-state index contributed by atoms with van der Waals surface area (Å²) in [5.74, 6) is -2.14. The fraction of sp³-hybridized carbons (Fsp3) is 0.129. The molecule has 40 heavy (non-hydrogen) atoms. The van der Waals surface area contributed by atoms with Gasteiger partial charge >= 0.3 is 17.9 Å². The summed E-state index contributed by atoms with van der Waals surface area (Å²) in [5, 5.41) is 0. The number of nitrogens with zero attached hydrogens (tertiary/aromatic N) is 2. The molecule has 1 aromatic heterocycles. The second kappa shape index (κ2) is 13.0. The van der Waals surface area contributed by atoms with Crippen LogP contribution in [0.15, 0.2) is 97.3 Å². The Morgan fingerprint density at radius 2 is 1.48 bits per heavy atom. The van der Waals surface area contributed by atoms with Crippen LogP contribution in [-0.4, -0.2) is 28.8 Å². The number of rotatable bonds is 9. The van der Waals surface area contributed by atoms with Gasteiger partial charge in [0.1, 0.15) is 18.1 Å². The standard InChI is InChI=1S/C31H26N2O7/c1-21(34)39-27-14-15-28(29(17-27)40-22(2)35)30(36)33(19-24-9-6-16-32-18-24)26-12-10-25(11-13-26)31(37)38-20-23-7-4-3-5-8-23/h3-18H,19-20H2,1-2H3. The summed E-state index contributed by atoms with van der Waals surface area (Å²) in [6, 6.07) is 23.5. The Morgan fingerprint density at radius 1 is 0.775 bits per heavy atom. The van der Waals surface area contributed by atoms with Gasteiger partial charge in [0.15, 0.2) is 0 Å². The minimum atomic E-state index is -0.647. The number of benzene rings is 3. The molecule has 0 radical (unpaired) electrons. The molecule has 0 saturated heterocycles. The molecular formula is C31H26N2O7. The molecule has 3 aromatic carbocycles. The number of esters is 3. The lowest BCUT2D eigenvalue weighted by molar-refractivity contribution is -0.132. The van der Waals surface area contributed by atoms with Gasteiger partial charge in [-0.25, -0.2) is 4.79 Å². The van der Waals surface area contributed by atoms with Crippen molar-refractivity contribution < 1.29 is 33.4 Å². The Bertz CT molecular complexity index is 1500. The van der Waals surface area contributed by atoms with Crippen LogP contribution >= 0.6 is 0 Å². The third kappa shape index (κ3) is 7.38. The van der Waals surface area contributed by atoms with Crippen molar-refractivity contribution >= 4 is 29.5 Å². The van der Waals surface area contributed by atoms with Crippen molar-refractivity contribution in [3.05, 3.63) is 120 Å². The summed E-state index contributed by atoms with van der Waals surface area (Å²) >= 11 is 0. The molecule has 9 nitrogen and oxygen atoms in total. The Kier molecular flexibility index (Phi) is 8.99. The van der Waals surface area contributed by atoms with E-state index in [9.17, 15) is 19.2 Å². The Hall–Kier alpha value is -5.31. The van der Waals surface area contributed by atoms with Gasteiger partial charge in [-0.3, -0.25) is 19.4 Å². The summed E-state index contributed by atoms with van der Waals surface area (Å²) < 4.78 is 15.8. The highest BCUT2D eigenvalue weighted by Crippen LogP contribution is 2.29. The molecule has 202 valence electrons. The quantitative estimate of drug-likeness (QED) is 0.213. The van der Waals surface area contributed by atoms with Crippen LogP contribution in [-0.2, 0) is 27.5 Å². The van der Waals surface area contributed by atoms with E-state index < -0.39 is 23.8 Å². The van der Waals surface area contributed by atoms with Crippen molar-refractivity contribution in [2.75, 3.05) is 4.90 Å².